The van der Waals surface area contributed by atoms with Gasteiger partial charge < -0.3 is 4.74 Å². The Hall–Kier alpha value is -3.20. The first-order valence-corrected chi connectivity index (χ1v) is 8.41. The van der Waals surface area contributed by atoms with Gasteiger partial charge in [0.25, 0.3) is 0 Å². The zero-order valence-electron chi connectivity index (χ0n) is 14.0. The maximum Gasteiger partial charge on any atom is 0.128 e. The molecule has 3 nitrogen and oxygen atoms in total. The predicted octanol–water partition coefficient (Wildman–Crippen LogP) is 5.36. The van der Waals surface area contributed by atoms with Crippen LogP contribution in [0.15, 0.2) is 78.9 Å². The van der Waals surface area contributed by atoms with Crippen LogP contribution in [0.4, 0.5) is 0 Å². The Morgan fingerprint density at radius 1 is 0.760 bits per heavy atom. The van der Waals surface area contributed by atoms with E-state index in [1.807, 2.05) is 67.6 Å². The lowest BCUT2D eigenvalue weighted by molar-refractivity contribution is 0.341. The van der Waals surface area contributed by atoms with Crippen molar-refractivity contribution < 1.29 is 4.74 Å². The summed E-state index contributed by atoms with van der Waals surface area (Å²) in [7, 11) is 0. The van der Waals surface area contributed by atoms with Gasteiger partial charge in [-0.3, -0.25) is 0 Å². The maximum absolute atomic E-state index is 5.83. The van der Waals surface area contributed by atoms with E-state index in [2.05, 4.69) is 28.4 Å². The number of ether oxygens (including phenoxy) is 1. The van der Waals surface area contributed by atoms with E-state index in [1.165, 1.54) is 0 Å². The first-order chi connectivity index (χ1) is 12.4. The van der Waals surface area contributed by atoms with Gasteiger partial charge >= 0.3 is 0 Å². The van der Waals surface area contributed by atoms with Gasteiger partial charge in [-0.05, 0) is 30.7 Å². The second kappa shape index (κ2) is 6.73. The Balaban J connectivity index is 2.06. The van der Waals surface area contributed by atoms with Crippen LogP contribution in [0.1, 0.15) is 6.92 Å². The minimum absolute atomic E-state index is 0.610. The Kier molecular flexibility index (Phi) is 4.13. The second-order valence-corrected chi connectivity index (χ2v) is 5.74. The molecule has 0 aliphatic rings. The van der Waals surface area contributed by atoms with Crippen LogP contribution in [0, 0.1) is 0 Å². The molecule has 0 N–H and O–H groups in total. The van der Waals surface area contributed by atoms with E-state index >= 15 is 0 Å². The van der Waals surface area contributed by atoms with Crippen molar-refractivity contribution in [3.05, 3.63) is 78.9 Å². The number of benzene rings is 3. The van der Waals surface area contributed by atoms with Gasteiger partial charge in [-0.2, -0.15) is 0 Å². The van der Waals surface area contributed by atoms with Crippen LogP contribution in [0.5, 0.6) is 5.75 Å². The lowest BCUT2D eigenvalue weighted by Crippen LogP contribution is -1.99. The molecule has 0 fully saturated rings. The molecule has 0 saturated heterocycles. The molecule has 0 unspecified atom stereocenters. The lowest BCUT2D eigenvalue weighted by atomic mass is 9.95. The summed E-state index contributed by atoms with van der Waals surface area (Å²) in [4.78, 5) is 0. The number of para-hydroxylation sites is 1. The fourth-order valence-electron chi connectivity index (χ4n) is 3.08. The molecular weight excluding hydrogens is 308 g/mol. The van der Waals surface area contributed by atoms with Crippen molar-refractivity contribution in [3.8, 4) is 28.1 Å². The van der Waals surface area contributed by atoms with Crippen LogP contribution < -0.4 is 4.74 Å². The lowest BCUT2D eigenvalue weighted by Gasteiger charge is -2.14. The largest absolute Gasteiger partial charge is 0.493 e. The van der Waals surface area contributed by atoms with Crippen LogP contribution >= 0.6 is 0 Å². The van der Waals surface area contributed by atoms with Gasteiger partial charge in [-0.1, -0.05) is 60.7 Å². The van der Waals surface area contributed by atoms with Crippen LogP contribution in [0.2, 0.25) is 0 Å². The van der Waals surface area contributed by atoms with Crippen LogP contribution in [-0.4, -0.2) is 16.8 Å². The fourth-order valence-corrected chi connectivity index (χ4v) is 3.08. The highest BCUT2D eigenvalue weighted by Gasteiger charge is 2.17. The molecule has 4 aromatic rings. The Labute approximate surface area is 146 Å². The van der Waals surface area contributed by atoms with Crippen molar-refractivity contribution in [2.75, 3.05) is 6.61 Å². The normalized spacial score (nSPS) is 10.8. The van der Waals surface area contributed by atoms with Crippen LogP contribution in [0.25, 0.3) is 33.3 Å². The molecule has 0 aliphatic heterocycles. The van der Waals surface area contributed by atoms with E-state index in [9.17, 15) is 0 Å². The molecule has 0 saturated carbocycles. The van der Waals surface area contributed by atoms with Gasteiger partial charge in [-0.25, -0.2) is 0 Å². The third-order valence-corrected chi connectivity index (χ3v) is 4.17. The summed E-state index contributed by atoms with van der Waals surface area (Å²) >= 11 is 0. The summed E-state index contributed by atoms with van der Waals surface area (Å²) in [5.41, 5.74) is 4.89. The van der Waals surface area contributed by atoms with Crippen molar-refractivity contribution >= 4 is 10.9 Å². The molecule has 0 atom stereocenters. The molecule has 1 heterocycles. The second-order valence-electron chi connectivity index (χ2n) is 5.74. The zero-order chi connectivity index (χ0) is 17.1. The van der Waals surface area contributed by atoms with E-state index in [-0.39, 0.29) is 0 Å². The van der Waals surface area contributed by atoms with Crippen LogP contribution in [0.3, 0.4) is 0 Å². The zero-order valence-corrected chi connectivity index (χ0v) is 14.0. The quantitative estimate of drug-likeness (QED) is 0.506. The monoisotopic (exact) mass is 326 g/mol. The third kappa shape index (κ3) is 2.85. The van der Waals surface area contributed by atoms with Crippen molar-refractivity contribution in [2.24, 2.45) is 0 Å². The van der Waals surface area contributed by atoms with Crippen molar-refractivity contribution in [2.45, 2.75) is 6.92 Å². The highest BCUT2D eigenvalue weighted by molar-refractivity contribution is 6.01. The van der Waals surface area contributed by atoms with Gasteiger partial charge in [0.2, 0.25) is 0 Å². The van der Waals surface area contributed by atoms with Gasteiger partial charge in [0, 0.05) is 16.5 Å². The van der Waals surface area contributed by atoms with E-state index in [4.69, 9.17) is 4.74 Å². The van der Waals surface area contributed by atoms with E-state index < -0.39 is 0 Å². The number of nitrogens with zero attached hydrogens (tertiary/aromatic N) is 2. The summed E-state index contributed by atoms with van der Waals surface area (Å²) in [6, 6.07) is 26.4. The van der Waals surface area contributed by atoms with Gasteiger partial charge in [0.15, 0.2) is 0 Å². The smallest absolute Gasteiger partial charge is 0.128 e. The average molecular weight is 326 g/mol. The Morgan fingerprint density at radius 2 is 1.48 bits per heavy atom. The van der Waals surface area contributed by atoms with Gasteiger partial charge in [0.05, 0.1) is 12.1 Å². The topological polar surface area (TPSA) is 35.0 Å². The molecule has 0 amide bonds. The van der Waals surface area contributed by atoms with Gasteiger partial charge in [0.1, 0.15) is 11.4 Å². The summed E-state index contributed by atoms with van der Waals surface area (Å²) in [6.45, 7) is 2.60. The first kappa shape index (κ1) is 15.3. The molecule has 0 spiro atoms. The molecule has 0 aliphatic carbocycles. The Bertz CT molecular complexity index is 1010. The predicted molar refractivity (Wildman–Crippen MR) is 102 cm³/mol. The number of rotatable bonds is 4. The van der Waals surface area contributed by atoms with Crippen LogP contribution in [-0.2, 0) is 0 Å². The summed E-state index contributed by atoms with van der Waals surface area (Å²) < 4.78 is 5.83. The summed E-state index contributed by atoms with van der Waals surface area (Å²) in [5, 5.41) is 10.1. The maximum atomic E-state index is 5.83. The highest BCUT2D eigenvalue weighted by atomic mass is 16.5. The molecule has 122 valence electrons. The molecule has 3 aromatic carbocycles. The van der Waals surface area contributed by atoms with E-state index in [1.54, 1.807) is 0 Å². The number of aromatic nitrogens is 2. The molecular formula is C22H18N2O. The molecule has 4 rings (SSSR count). The minimum atomic E-state index is 0.610. The average Bonchev–Trinajstić information content (AvgIpc) is 2.68. The van der Waals surface area contributed by atoms with Crippen molar-refractivity contribution in [1.29, 1.82) is 0 Å². The molecule has 1 aromatic heterocycles. The number of hydrogen-bond donors (Lipinski definition) is 0. The third-order valence-electron chi connectivity index (χ3n) is 4.17. The molecule has 3 heteroatoms. The standard InChI is InChI=1S/C22H18N2O/c1-2-25-20-15-9-7-13-18(20)22-21(16-10-4-3-5-11-16)17-12-6-8-14-19(17)23-24-22/h3-15H,2H2,1H3. The SMILES string of the molecule is CCOc1ccccc1-c1nnc2ccccc2c1-c1ccccc1. The number of hydrogen-bond acceptors (Lipinski definition) is 3. The Morgan fingerprint density at radius 3 is 2.32 bits per heavy atom. The van der Waals surface area contributed by atoms with Crippen molar-refractivity contribution in [3.63, 3.8) is 0 Å². The minimum Gasteiger partial charge on any atom is -0.493 e. The first-order valence-electron chi connectivity index (χ1n) is 8.41. The van der Waals surface area contributed by atoms with Gasteiger partial charge in [-0.15, -0.1) is 10.2 Å². The van der Waals surface area contributed by atoms with E-state index in [0.29, 0.717) is 6.61 Å². The molecule has 0 bridgehead atoms. The molecule has 25 heavy (non-hydrogen) atoms. The molecule has 0 radical (unpaired) electrons. The fraction of sp³-hybridized carbons (Fsp3) is 0.0909. The summed E-state index contributed by atoms with van der Waals surface area (Å²) in [6.07, 6.45) is 0. The van der Waals surface area contributed by atoms with Crippen molar-refractivity contribution in [1.82, 2.24) is 10.2 Å². The summed E-state index contributed by atoms with van der Waals surface area (Å²) in [5.74, 6) is 0.826. The highest BCUT2D eigenvalue weighted by Crippen LogP contribution is 2.39. The number of fused-ring (bicyclic) bond motifs is 1. The van der Waals surface area contributed by atoms with E-state index in [0.717, 1.165) is 39.0 Å².